The Morgan fingerprint density at radius 1 is 1.21 bits per heavy atom. The van der Waals surface area contributed by atoms with Crippen molar-refractivity contribution in [3.63, 3.8) is 0 Å². The van der Waals surface area contributed by atoms with Gasteiger partial charge in [0.15, 0.2) is 5.82 Å². The number of aromatic nitrogens is 4. The molecule has 3 aromatic rings. The predicted octanol–water partition coefficient (Wildman–Crippen LogP) is 2.92. The quantitative estimate of drug-likeness (QED) is 0.627. The Morgan fingerprint density at radius 2 is 2.03 bits per heavy atom. The van der Waals surface area contributed by atoms with Gasteiger partial charge in [0.2, 0.25) is 5.91 Å². The first-order chi connectivity index (χ1) is 14.1. The van der Waals surface area contributed by atoms with E-state index in [4.69, 9.17) is 4.74 Å². The number of benzene rings is 1. The molecule has 2 aromatic heterocycles. The first-order valence-electron chi connectivity index (χ1n) is 9.75. The monoisotopic (exact) mass is 393 g/mol. The number of fused-ring (bicyclic) bond motifs is 1. The van der Waals surface area contributed by atoms with Gasteiger partial charge in [-0.05, 0) is 25.5 Å². The zero-order chi connectivity index (χ0) is 20.4. The number of anilines is 1. The van der Waals surface area contributed by atoms with Gasteiger partial charge < -0.3 is 10.1 Å². The molecule has 3 heterocycles. The topological polar surface area (TPSA) is 102 Å². The molecule has 150 valence electrons. The number of ether oxygens (including phenoxy) is 1. The molecule has 4 rings (SSSR count). The van der Waals surface area contributed by atoms with Crippen LogP contribution in [0.25, 0.3) is 5.82 Å². The van der Waals surface area contributed by atoms with Crippen molar-refractivity contribution in [2.24, 2.45) is 0 Å². The molecule has 0 bridgehead atoms. The van der Waals surface area contributed by atoms with Gasteiger partial charge in [-0.15, -0.1) is 0 Å². The maximum Gasteiger partial charge on any atom is 0.264 e. The van der Waals surface area contributed by atoms with Crippen molar-refractivity contribution < 1.29 is 9.53 Å². The lowest BCUT2D eigenvalue weighted by atomic mass is 9.85. The van der Waals surface area contributed by atoms with E-state index in [1.165, 1.54) is 6.07 Å². The highest BCUT2D eigenvalue weighted by Gasteiger charge is 2.34. The number of unbranched alkanes of at least 4 members (excludes halogenated alkanes) is 1. The SMILES string of the molecule is CCCCOc1ccccc1C1CC(=O)Nc2c1c(C)nn2-c1ccc(=O)[nH]n1. The van der Waals surface area contributed by atoms with Crippen molar-refractivity contribution in [1.82, 2.24) is 20.0 Å². The third kappa shape index (κ3) is 3.65. The average molecular weight is 393 g/mol. The van der Waals surface area contributed by atoms with Crippen LogP contribution in [0.1, 0.15) is 48.9 Å². The number of aromatic amines is 1. The Hall–Kier alpha value is -3.42. The second-order valence-corrected chi connectivity index (χ2v) is 7.08. The van der Waals surface area contributed by atoms with Crippen LogP contribution in [0.3, 0.4) is 0 Å². The lowest BCUT2D eigenvalue weighted by Gasteiger charge is -2.25. The van der Waals surface area contributed by atoms with Crippen LogP contribution in [0.5, 0.6) is 5.75 Å². The van der Waals surface area contributed by atoms with E-state index in [0.29, 0.717) is 24.7 Å². The van der Waals surface area contributed by atoms with Gasteiger partial charge in [-0.2, -0.15) is 14.9 Å². The number of H-pyrrole nitrogens is 1. The van der Waals surface area contributed by atoms with E-state index in [9.17, 15) is 9.59 Å². The molecule has 1 aliphatic heterocycles. The van der Waals surface area contributed by atoms with E-state index in [1.807, 2.05) is 31.2 Å². The van der Waals surface area contributed by atoms with Crippen molar-refractivity contribution >= 4 is 11.7 Å². The number of nitrogens with zero attached hydrogens (tertiary/aromatic N) is 3. The van der Waals surface area contributed by atoms with Gasteiger partial charge in [-0.1, -0.05) is 31.5 Å². The second-order valence-electron chi connectivity index (χ2n) is 7.08. The van der Waals surface area contributed by atoms with Crippen molar-refractivity contribution in [2.75, 3.05) is 11.9 Å². The molecule has 8 nitrogen and oxygen atoms in total. The van der Waals surface area contributed by atoms with Crippen molar-refractivity contribution in [2.45, 2.75) is 39.0 Å². The van der Waals surface area contributed by atoms with Gasteiger partial charge in [0.05, 0.1) is 12.3 Å². The highest BCUT2D eigenvalue weighted by molar-refractivity contribution is 5.95. The Balaban J connectivity index is 1.79. The van der Waals surface area contributed by atoms with Gasteiger partial charge in [0, 0.05) is 29.5 Å². The van der Waals surface area contributed by atoms with E-state index in [-0.39, 0.29) is 17.4 Å². The first kappa shape index (κ1) is 18.9. The van der Waals surface area contributed by atoms with E-state index < -0.39 is 0 Å². The molecule has 0 fully saturated rings. The minimum Gasteiger partial charge on any atom is -0.493 e. The summed E-state index contributed by atoms with van der Waals surface area (Å²) in [6.45, 7) is 4.67. The fourth-order valence-electron chi connectivity index (χ4n) is 3.66. The lowest BCUT2D eigenvalue weighted by Crippen LogP contribution is -2.25. The number of para-hydroxylation sites is 1. The third-order valence-corrected chi connectivity index (χ3v) is 5.03. The number of hydrogen-bond donors (Lipinski definition) is 2. The van der Waals surface area contributed by atoms with E-state index in [1.54, 1.807) is 10.7 Å². The molecule has 1 atom stereocenters. The molecule has 0 aliphatic carbocycles. The zero-order valence-electron chi connectivity index (χ0n) is 16.4. The molecule has 1 aliphatic rings. The van der Waals surface area contributed by atoms with Crippen LogP contribution in [0.15, 0.2) is 41.2 Å². The van der Waals surface area contributed by atoms with Crippen LogP contribution in [-0.2, 0) is 4.79 Å². The smallest absolute Gasteiger partial charge is 0.264 e. The van der Waals surface area contributed by atoms with Crippen LogP contribution < -0.4 is 15.6 Å². The Kier molecular flexibility index (Phi) is 5.16. The summed E-state index contributed by atoms with van der Waals surface area (Å²) in [5.74, 6) is 1.53. The van der Waals surface area contributed by atoms with Crippen molar-refractivity contribution in [3.8, 4) is 11.6 Å². The Bertz CT molecular complexity index is 1080. The van der Waals surface area contributed by atoms with E-state index >= 15 is 0 Å². The lowest BCUT2D eigenvalue weighted by molar-refractivity contribution is -0.116. The molecule has 0 radical (unpaired) electrons. The Labute approximate surface area is 167 Å². The Morgan fingerprint density at radius 3 is 2.79 bits per heavy atom. The zero-order valence-corrected chi connectivity index (χ0v) is 16.4. The van der Waals surface area contributed by atoms with Crippen LogP contribution in [0, 0.1) is 6.92 Å². The van der Waals surface area contributed by atoms with Gasteiger partial charge in [0.25, 0.3) is 5.56 Å². The summed E-state index contributed by atoms with van der Waals surface area (Å²) in [7, 11) is 0. The second kappa shape index (κ2) is 7.90. The highest BCUT2D eigenvalue weighted by atomic mass is 16.5. The number of carbonyl (C=O) groups is 1. The molecule has 1 amide bonds. The van der Waals surface area contributed by atoms with Crippen LogP contribution in [0.4, 0.5) is 5.82 Å². The van der Waals surface area contributed by atoms with Crippen LogP contribution in [-0.4, -0.2) is 32.5 Å². The highest BCUT2D eigenvalue weighted by Crippen LogP contribution is 2.42. The summed E-state index contributed by atoms with van der Waals surface area (Å²) in [6.07, 6.45) is 2.34. The standard InChI is InChI=1S/C21H23N5O3/c1-3-4-11-29-16-8-6-5-7-14(16)15-12-19(28)22-21-20(15)13(2)25-26(21)17-9-10-18(27)24-23-17/h5-10,15H,3-4,11-12H2,1-2H3,(H,22,28)(H,24,27). The molecular formula is C21H23N5O3. The maximum absolute atomic E-state index is 12.6. The molecule has 1 aromatic carbocycles. The van der Waals surface area contributed by atoms with Crippen molar-refractivity contribution in [1.29, 1.82) is 0 Å². The molecule has 0 saturated carbocycles. The molecule has 0 saturated heterocycles. The minimum absolute atomic E-state index is 0.101. The van der Waals surface area contributed by atoms with Crippen LogP contribution in [0.2, 0.25) is 0 Å². The van der Waals surface area contributed by atoms with Gasteiger partial charge in [0.1, 0.15) is 11.6 Å². The van der Waals surface area contributed by atoms with Gasteiger partial charge >= 0.3 is 0 Å². The minimum atomic E-state index is -0.299. The summed E-state index contributed by atoms with van der Waals surface area (Å²) < 4.78 is 7.58. The summed E-state index contributed by atoms with van der Waals surface area (Å²) in [4.78, 5) is 23.9. The fraction of sp³-hybridized carbons (Fsp3) is 0.333. The normalized spacial score (nSPS) is 15.7. The molecule has 29 heavy (non-hydrogen) atoms. The maximum atomic E-state index is 12.6. The third-order valence-electron chi connectivity index (χ3n) is 5.03. The van der Waals surface area contributed by atoms with Gasteiger partial charge in [-0.25, -0.2) is 5.10 Å². The number of rotatable bonds is 6. The van der Waals surface area contributed by atoms with Crippen molar-refractivity contribution in [3.05, 3.63) is 63.6 Å². The first-order valence-corrected chi connectivity index (χ1v) is 9.75. The summed E-state index contributed by atoms with van der Waals surface area (Å²) in [5, 5.41) is 14.0. The summed E-state index contributed by atoms with van der Waals surface area (Å²) in [6, 6.07) is 10.8. The largest absolute Gasteiger partial charge is 0.493 e. The number of amides is 1. The summed E-state index contributed by atoms with van der Waals surface area (Å²) >= 11 is 0. The number of aryl methyl sites for hydroxylation is 1. The fourth-order valence-corrected chi connectivity index (χ4v) is 3.66. The number of carbonyl (C=O) groups excluding carboxylic acids is 1. The molecule has 0 spiro atoms. The predicted molar refractivity (Wildman–Crippen MR) is 109 cm³/mol. The summed E-state index contributed by atoms with van der Waals surface area (Å²) in [5.41, 5.74) is 2.40. The number of nitrogens with one attached hydrogen (secondary N) is 2. The molecular weight excluding hydrogens is 370 g/mol. The number of hydrogen-bond acceptors (Lipinski definition) is 5. The molecule has 1 unspecified atom stereocenters. The molecule has 2 N–H and O–H groups in total. The van der Waals surface area contributed by atoms with E-state index in [2.05, 4.69) is 27.5 Å². The van der Waals surface area contributed by atoms with Gasteiger partial charge in [-0.3, -0.25) is 9.59 Å². The van der Waals surface area contributed by atoms with Crippen LogP contribution >= 0.6 is 0 Å². The molecule has 8 heteroatoms. The average Bonchev–Trinajstić information content (AvgIpc) is 3.05. The van der Waals surface area contributed by atoms with E-state index in [0.717, 1.165) is 35.4 Å².